The Bertz CT molecular complexity index is 2260. The van der Waals surface area contributed by atoms with Crippen LogP contribution in [0.4, 0.5) is 5.69 Å². The summed E-state index contributed by atoms with van der Waals surface area (Å²) in [5, 5.41) is 13.9. The zero-order valence-electron chi connectivity index (χ0n) is 25.5. The summed E-state index contributed by atoms with van der Waals surface area (Å²) in [5.41, 5.74) is 12.8. The molecule has 0 aliphatic carbocycles. The van der Waals surface area contributed by atoms with E-state index in [-0.39, 0.29) is 5.91 Å². The van der Waals surface area contributed by atoms with Crippen molar-refractivity contribution in [3.63, 3.8) is 0 Å². The zero-order chi connectivity index (χ0) is 30.8. The molecule has 0 radical (unpaired) electrons. The molecular formula is C41H32N2O2. The van der Waals surface area contributed by atoms with Gasteiger partial charge in [0.15, 0.2) is 6.23 Å². The van der Waals surface area contributed by atoms with Gasteiger partial charge in [-0.2, -0.15) is 0 Å². The van der Waals surface area contributed by atoms with Gasteiger partial charge in [0.2, 0.25) is 0 Å². The molecule has 1 unspecified atom stereocenters. The first-order chi connectivity index (χ1) is 21.9. The van der Waals surface area contributed by atoms with E-state index >= 15 is 0 Å². The Labute approximate surface area is 262 Å². The van der Waals surface area contributed by atoms with Crippen LogP contribution in [0.25, 0.3) is 49.7 Å². The summed E-state index contributed by atoms with van der Waals surface area (Å²) in [7, 11) is 0. The lowest BCUT2D eigenvalue weighted by Gasteiger charge is -2.21. The van der Waals surface area contributed by atoms with Crippen molar-refractivity contribution >= 4 is 33.4 Å². The summed E-state index contributed by atoms with van der Waals surface area (Å²) in [6.45, 7) is 6.47. The van der Waals surface area contributed by atoms with Crippen molar-refractivity contribution in [2.45, 2.75) is 27.0 Å². The van der Waals surface area contributed by atoms with Crippen LogP contribution in [0.1, 0.15) is 38.8 Å². The number of fused-ring (bicyclic) bond motifs is 4. The van der Waals surface area contributed by atoms with Crippen molar-refractivity contribution in [2.75, 3.05) is 4.90 Å². The van der Waals surface area contributed by atoms with Crippen LogP contribution >= 0.6 is 0 Å². The number of benzene rings is 6. The molecule has 218 valence electrons. The second-order valence-electron chi connectivity index (χ2n) is 12.0. The van der Waals surface area contributed by atoms with Crippen LogP contribution in [0.2, 0.25) is 0 Å². The van der Waals surface area contributed by atoms with Crippen LogP contribution in [0, 0.1) is 20.8 Å². The number of aliphatic hydroxyl groups is 1. The Hall–Kier alpha value is -5.45. The number of para-hydroxylation sites is 2. The highest BCUT2D eigenvalue weighted by molar-refractivity contribution is 6.17. The van der Waals surface area contributed by atoms with Crippen LogP contribution in [0.3, 0.4) is 0 Å². The fourth-order valence-corrected chi connectivity index (χ4v) is 7.34. The van der Waals surface area contributed by atoms with E-state index < -0.39 is 6.23 Å². The van der Waals surface area contributed by atoms with Gasteiger partial charge in [0, 0.05) is 27.6 Å². The Morgan fingerprint density at radius 3 is 2.02 bits per heavy atom. The van der Waals surface area contributed by atoms with Gasteiger partial charge in [-0.3, -0.25) is 9.69 Å². The summed E-state index contributed by atoms with van der Waals surface area (Å²) < 4.78 is 2.23. The first kappa shape index (κ1) is 27.1. The van der Waals surface area contributed by atoms with E-state index in [1.807, 2.05) is 66.7 Å². The lowest BCUT2D eigenvalue weighted by molar-refractivity contribution is 0.0935. The average Bonchev–Trinajstić information content (AvgIpc) is 3.52. The molecule has 4 heteroatoms. The molecule has 4 nitrogen and oxygen atoms in total. The lowest BCUT2D eigenvalue weighted by atomic mass is 9.92. The Morgan fingerprint density at radius 1 is 0.622 bits per heavy atom. The third kappa shape index (κ3) is 4.14. The van der Waals surface area contributed by atoms with Crippen LogP contribution < -0.4 is 4.90 Å². The molecule has 1 atom stereocenters. The molecule has 0 saturated carbocycles. The summed E-state index contributed by atoms with van der Waals surface area (Å²) in [4.78, 5) is 15.9. The van der Waals surface area contributed by atoms with Gasteiger partial charge < -0.3 is 9.67 Å². The number of aliphatic hydroxyl groups excluding tert-OH is 1. The van der Waals surface area contributed by atoms with Crippen molar-refractivity contribution in [3.05, 3.63) is 155 Å². The molecule has 2 heterocycles. The predicted molar refractivity (Wildman–Crippen MR) is 184 cm³/mol. The molecule has 45 heavy (non-hydrogen) atoms. The number of hydrogen-bond donors (Lipinski definition) is 1. The largest absolute Gasteiger partial charge is 0.369 e. The van der Waals surface area contributed by atoms with Crippen LogP contribution in [0.15, 0.2) is 127 Å². The molecule has 7 aromatic rings. The minimum Gasteiger partial charge on any atom is -0.369 e. The minimum absolute atomic E-state index is 0.216. The van der Waals surface area contributed by atoms with Gasteiger partial charge >= 0.3 is 0 Å². The van der Waals surface area contributed by atoms with E-state index in [0.29, 0.717) is 16.8 Å². The monoisotopic (exact) mass is 584 g/mol. The molecule has 1 aliphatic heterocycles. The number of hydrogen-bond acceptors (Lipinski definition) is 2. The number of carbonyl (C=O) groups excluding carboxylic acids is 1. The highest BCUT2D eigenvalue weighted by Crippen LogP contribution is 2.44. The second kappa shape index (κ2) is 10.3. The molecule has 8 rings (SSSR count). The van der Waals surface area contributed by atoms with Crippen LogP contribution in [0.5, 0.6) is 0 Å². The van der Waals surface area contributed by atoms with Gasteiger partial charge in [0.1, 0.15) is 0 Å². The summed E-state index contributed by atoms with van der Waals surface area (Å²) >= 11 is 0. The molecule has 1 amide bonds. The second-order valence-corrected chi connectivity index (χ2v) is 12.0. The van der Waals surface area contributed by atoms with Gasteiger partial charge in [-0.1, -0.05) is 109 Å². The summed E-state index contributed by atoms with van der Waals surface area (Å²) in [5.74, 6) is -0.216. The molecular weight excluding hydrogens is 552 g/mol. The van der Waals surface area contributed by atoms with Gasteiger partial charge in [-0.25, -0.2) is 0 Å². The fourth-order valence-electron chi connectivity index (χ4n) is 7.34. The first-order valence-corrected chi connectivity index (χ1v) is 15.3. The Kier molecular flexibility index (Phi) is 6.22. The maximum Gasteiger partial charge on any atom is 0.263 e. The molecule has 0 saturated heterocycles. The number of aromatic nitrogens is 1. The van der Waals surface area contributed by atoms with E-state index in [1.165, 1.54) is 27.2 Å². The van der Waals surface area contributed by atoms with Gasteiger partial charge in [-0.15, -0.1) is 0 Å². The minimum atomic E-state index is -1.09. The standard InChI is InChI=1S/C41H32N2O2/c1-25-23-26(2)37(27(3)24-25)33-15-9-14-32-31-13-7-8-17-35(31)43(39(32)33)36-18-10-16-34-38(36)41(45)42(40(34)44)30-21-19-29(20-22-30)28-11-5-4-6-12-28/h4-24,40,44H,1-3H3. The zero-order valence-corrected chi connectivity index (χ0v) is 25.5. The highest BCUT2D eigenvalue weighted by atomic mass is 16.3. The summed E-state index contributed by atoms with van der Waals surface area (Å²) in [6, 6.07) is 43.1. The molecule has 1 N–H and O–H groups in total. The number of anilines is 1. The number of nitrogens with zero attached hydrogens (tertiary/aromatic N) is 2. The first-order valence-electron chi connectivity index (χ1n) is 15.3. The number of rotatable bonds is 4. The van der Waals surface area contributed by atoms with E-state index in [9.17, 15) is 9.90 Å². The van der Waals surface area contributed by atoms with Crippen molar-refractivity contribution in [3.8, 4) is 27.9 Å². The Morgan fingerprint density at radius 2 is 1.27 bits per heavy atom. The summed E-state index contributed by atoms with van der Waals surface area (Å²) in [6.07, 6.45) is -1.09. The van der Waals surface area contributed by atoms with Crippen LogP contribution in [-0.2, 0) is 0 Å². The van der Waals surface area contributed by atoms with Crippen molar-refractivity contribution < 1.29 is 9.90 Å². The smallest absolute Gasteiger partial charge is 0.263 e. The van der Waals surface area contributed by atoms with E-state index in [2.05, 4.69) is 86.0 Å². The van der Waals surface area contributed by atoms with E-state index in [1.54, 1.807) is 0 Å². The van der Waals surface area contributed by atoms with Crippen LogP contribution in [-0.4, -0.2) is 15.6 Å². The lowest BCUT2D eigenvalue weighted by Crippen LogP contribution is -2.27. The fraction of sp³-hybridized carbons (Fsp3) is 0.0976. The normalized spacial score (nSPS) is 14.4. The third-order valence-electron chi connectivity index (χ3n) is 9.16. The van der Waals surface area contributed by atoms with Gasteiger partial charge in [0.05, 0.1) is 22.3 Å². The van der Waals surface area contributed by atoms with Crippen molar-refractivity contribution in [2.24, 2.45) is 0 Å². The number of amides is 1. The predicted octanol–water partition coefficient (Wildman–Crippen LogP) is 9.69. The molecule has 1 aliphatic rings. The van der Waals surface area contributed by atoms with E-state index in [0.717, 1.165) is 44.2 Å². The number of carbonyl (C=O) groups is 1. The topological polar surface area (TPSA) is 45.5 Å². The van der Waals surface area contributed by atoms with Gasteiger partial charge in [-0.05, 0) is 72.9 Å². The molecule has 6 aromatic carbocycles. The maximum atomic E-state index is 14.4. The van der Waals surface area contributed by atoms with E-state index in [4.69, 9.17) is 0 Å². The van der Waals surface area contributed by atoms with Crippen molar-refractivity contribution in [1.82, 2.24) is 4.57 Å². The van der Waals surface area contributed by atoms with Crippen molar-refractivity contribution in [1.29, 1.82) is 0 Å². The molecule has 0 spiro atoms. The Balaban J connectivity index is 1.34. The SMILES string of the molecule is Cc1cc(C)c(-c2cccc3c4ccccc4n(-c4cccc5c4C(=O)N(c4ccc(-c6ccccc6)cc4)C5O)c23)c(C)c1. The molecule has 1 aromatic heterocycles. The quantitative estimate of drug-likeness (QED) is 0.224. The van der Waals surface area contributed by atoms with Gasteiger partial charge in [0.25, 0.3) is 5.91 Å². The number of aryl methyl sites for hydroxylation is 3. The maximum absolute atomic E-state index is 14.4. The third-order valence-corrected chi connectivity index (χ3v) is 9.16. The highest BCUT2D eigenvalue weighted by Gasteiger charge is 2.39. The average molecular weight is 585 g/mol. The molecule has 0 fully saturated rings. The molecule has 0 bridgehead atoms.